The van der Waals surface area contributed by atoms with Gasteiger partial charge in [-0.25, -0.2) is 19.2 Å². The van der Waals surface area contributed by atoms with E-state index in [1.54, 1.807) is 41.5 Å². The lowest BCUT2D eigenvalue weighted by molar-refractivity contribution is 0.0502. The molecule has 0 aromatic carbocycles. The van der Waals surface area contributed by atoms with Gasteiger partial charge >= 0.3 is 24.4 Å². The van der Waals surface area contributed by atoms with Crippen molar-refractivity contribution >= 4 is 24.4 Å². The lowest BCUT2D eigenvalue weighted by Crippen LogP contribution is -2.35. The fourth-order valence-corrected chi connectivity index (χ4v) is 2.31. The Balaban J connectivity index is 3.51. The summed E-state index contributed by atoms with van der Waals surface area (Å²) in [6.45, 7) is 11.9. The number of nitrogens with one attached hydrogen (secondary N) is 4. The van der Waals surface area contributed by atoms with Crippen molar-refractivity contribution < 1.29 is 38.1 Å². The third-order valence-corrected chi connectivity index (χ3v) is 3.65. The predicted molar refractivity (Wildman–Crippen MR) is 126 cm³/mol. The van der Waals surface area contributed by atoms with Crippen LogP contribution in [0.25, 0.3) is 0 Å². The summed E-state index contributed by atoms with van der Waals surface area (Å²) in [7, 11) is 0. The fraction of sp³-hybridized carbons (Fsp3) is 0.818. The molecule has 0 fully saturated rings. The first-order valence-electron chi connectivity index (χ1n) is 11.5. The minimum atomic E-state index is -0.580. The van der Waals surface area contributed by atoms with Crippen molar-refractivity contribution in [2.75, 3.05) is 39.4 Å². The molecular formula is C22H42N4O8. The standard InChI is InChI=1S/C22H42N4O8/c1-21(2,3)33-19(29)25-13-15-31-17(27)23-11-9-7-8-10-12-24-18(28)32-16-14-26-20(30)34-22(4,5)6/h7-16H2,1-6H3,(H,23,27)(H,24,28)(H,25,29)(H,26,30). The van der Waals surface area contributed by atoms with E-state index in [1.165, 1.54) is 0 Å². The summed E-state index contributed by atoms with van der Waals surface area (Å²) < 4.78 is 20.0. The SMILES string of the molecule is CC(C)(C)OC(=O)NCCOC(=O)NCCCCCCNC(=O)OCCNC(=O)OC(C)(C)C. The van der Waals surface area contributed by atoms with Crippen LogP contribution in [0.4, 0.5) is 19.2 Å². The smallest absolute Gasteiger partial charge is 0.407 e. The molecule has 0 saturated carbocycles. The van der Waals surface area contributed by atoms with E-state index in [2.05, 4.69) is 21.3 Å². The molecule has 12 heteroatoms. The van der Waals surface area contributed by atoms with Gasteiger partial charge in [0.15, 0.2) is 0 Å². The van der Waals surface area contributed by atoms with E-state index >= 15 is 0 Å². The molecule has 0 unspecified atom stereocenters. The molecule has 0 rings (SSSR count). The van der Waals surface area contributed by atoms with Gasteiger partial charge in [-0.1, -0.05) is 12.8 Å². The van der Waals surface area contributed by atoms with E-state index in [0.717, 1.165) is 25.7 Å². The van der Waals surface area contributed by atoms with Gasteiger partial charge in [0.1, 0.15) is 24.4 Å². The average molecular weight is 491 g/mol. The predicted octanol–water partition coefficient (Wildman–Crippen LogP) is 3.05. The monoisotopic (exact) mass is 490 g/mol. The highest BCUT2D eigenvalue weighted by Crippen LogP contribution is 2.06. The third kappa shape index (κ3) is 22.3. The summed E-state index contributed by atoms with van der Waals surface area (Å²) in [5.74, 6) is 0. The molecule has 0 aliphatic rings. The van der Waals surface area contributed by atoms with Gasteiger partial charge in [-0.3, -0.25) is 0 Å². The average Bonchev–Trinajstić information content (AvgIpc) is 2.68. The maximum absolute atomic E-state index is 11.6. The van der Waals surface area contributed by atoms with Crippen LogP contribution in [0.15, 0.2) is 0 Å². The second-order valence-electron chi connectivity index (χ2n) is 9.40. The highest BCUT2D eigenvalue weighted by Gasteiger charge is 2.16. The zero-order valence-corrected chi connectivity index (χ0v) is 21.3. The van der Waals surface area contributed by atoms with Gasteiger partial charge in [0.2, 0.25) is 0 Å². The van der Waals surface area contributed by atoms with Gasteiger partial charge in [-0.05, 0) is 54.4 Å². The summed E-state index contributed by atoms with van der Waals surface area (Å²) in [5, 5.41) is 10.3. The van der Waals surface area contributed by atoms with Crippen molar-refractivity contribution in [2.24, 2.45) is 0 Å². The van der Waals surface area contributed by atoms with Crippen LogP contribution in [0.1, 0.15) is 67.2 Å². The Morgan fingerprint density at radius 1 is 0.500 bits per heavy atom. The largest absolute Gasteiger partial charge is 0.448 e. The van der Waals surface area contributed by atoms with Gasteiger partial charge in [0, 0.05) is 13.1 Å². The second kappa shape index (κ2) is 16.7. The van der Waals surface area contributed by atoms with E-state index < -0.39 is 35.6 Å². The minimum absolute atomic E-state index is 0.0455. The highest BCUT2D eigenvalue weighted by molar-refractivity contribution is 5.69. The molecule has 12 nitrogen and oxygen atoms in total. The second-order valence-corrected chi connectivity index (χ2v) is 9.40. The topological polar surface area (TPSA) is 153 Å². The van der Waals surface area contributed by atoms with E-state index in [9.17, 15) is 19.2 Å². The van der Waals surface area contributed by atoms with Crippen molar-refractivity contribution in [3.05, 3.63) is 0 Å². The maximum atomic E-state index is 11.6. The number of carbonyl (C=O) groups excluding carboxylic acids is 4. The summed E-state index contributed by atoms with van der Waals surface area (Å²) in [6.07, 6.45) is 1.07. The number of hydrogen-bond donors (Lipinski definition) is 4. The first kappa shape index (κ1) is 31.1. The lowest BCUT2D eigenvalue weighted by atomic mass is 10.2. The Labute approximate surface area is 202 Å². The number of alkyl carbamates (subject to hydrolysis) is 4. The molecule has 0 aliphatic carbocycles. The molecule has 0 saturated heterocycles. The zero-order chi connectivity index (χ0) is 26.0. The number of unbranched alkanes of at least 4 members (excludes halogenated alkanes) is 3. The summed E-state index contributed by atoms with van der Waals surface area (Å²) in [5.41, 5.74) is -1.16. The molecular weight excluding hydrogens is 448 g/mol. The molecule has 0 aromatic heterocycles. The molecule has 0 aliphatic heterocycles. The Morgan fingerprint density at radius 3 is 1.15 bits per heavy atom. The molecule has 4 N–H and O–H groups in total. The lowest BCUT2D eigenvalue weighted by Gasteiger charge is -2.19. The molecule has 34 heavy (non-hydrogen) atoms. The van der Waals surface area contributed by atoms with E-state index in [0.29, 0.717) is 13.1 Å². The van der Waals surface area contributed by atoms with Crippen molar-refractivity contribution in [3.63, 3.8) is 0 Å². The molecule has 0 radical (unpaired) electrons. The Bertz CT molecular complexity index is 575. The van der Waals surface area contributed by atoms with Gasteiger partial charge < -0.3 is 40.2 Å². The van der Waals surface area contributed by atoms with Crippen molar-refractivity contribution in [2.45, 2.75) is 78.4 Å². The van der Waals surface area contributed by atoms with Crippen LogP contribution in [-0.4, -0.2) is 75.0 Å². The van der Waals surface area contributed by atoms with Gasteiger partial charge in [-0.15, -0.1) is 0 Å². The fourth-order valence-electron chi connectivity index (χ4n) is 2.31. The van der Waals surface area contributed by atoms with Crippen LogP contribution < -0.4 is 21.3 Å². The molecule has 0 atom stereocenters. The number of amides is 4. The number of rotatable bonds is 13. The minimum Gasteiger partial charge on any atom is -0.448 e. The molecule has 0 bridgehead atoms. The summed E-state index contributed by atoms with van der Waals surface area (Å²) in [4.78, 5) is 46.0. The Morgan fingerprint density at radius 2 is 0.824 bits per heavy atom. The van der Waals surface area contributed by atoms with E-state index in [4.69, 9.17) is 18.9 Å². The molecule has 198 valence electrons. The van der Waals surface area contributed by atoms with Crippen LogP contribution >= 0.6 is 0 Å². The molecule has 0 aromatic rings. The Kier molecular flexibility index (Phi) is 15.2. The number of ether oxygens (including phenoxy) is 4. The number of hydrogen-bond acceptors (Lipinski definition) is 8. The zero-order valence-electron chi connectivity index (χ0n) is 21.3. The van der Waals surface area contributed by atoms with Gasteiger partial charge in [0.05, 0.1) is 13.1 Å². The Hall–Kier alpha value is -2.92. The van der Waals surface area contributed by atoms with Crippen molar-refractivity contribution in [3.8, 4) is 0 Å². The highest BCUT2D eigenvalue weighted by atomic mass is 16.6. The van der Waals surface area contributed by atoms with E-state index in [1.807, 2.05) is 0 Å². The van der Waals surface area contributed by atoms with Crippen molar-refractivity contribution in [1.29, 1.82) is 0 Å². The summed E-state index contributed by atoms with van der Waals surface area (Å²) in [6, 6.07) is 0. The third-order valence-electron chi connectivity index (χ3n) is 3.65. The quantitative estimate of drug-likeness (QED) is 0.227. The first-order chi connectivity index (χ1) is 15.8. The number of carbonyl (C=O) groups is 4. The van der Waals surface area contributed by atoms with Crippen molar-refractivity contribution in [1.82, 2.24) is 21.3 Å². The molecule has 0 spiro atoms. The van der Waals surface area contributed by atoms with Crippen LogP contribution in [0.3, 0.4) is 0 Å². The van der Waals surface area contributed by atoms with Crippen LogP contribution in [0.5, 0.6) is 0 Å². The van der Waals surface area contributed by atoms with Gasteiger partial charge in [-0.2, -0.15) is 0 Å². The van der Waals surface area contributed by atoms with Crippen LogP contribution in [0.2, 0.25) is 0 Å². The van der Waals surface area contributed by atoms with Gasteiger partial charge in [0.25, 0.3) is 0 Å². The summed E-state index contributed by atoms with van der Waals surface area (Å²) >= 11 is 0. The molecule has 4 amide bonds. The van der Waals surface area contributed by atoms with Crippen LogP contribution in [-0.2, 0) is 18.9 Å². The maximum Gasteiger partial charge on any atom is 0.407 e. The van der Waals surface area contributed by atoms with Crippen LogP contribution in [0, 0.1) is 0 Å². The van der Waals surface area contributed by atoms with E-state index in [-0.39, 0.29) is 26.3 Å². The normalized spacial score (nSPS) is 11.1. The molecule has 0 heterocycles. The first-order valence-corrected chi connectivity index (χ1v) is 11.5.